The van der Waals surface area contributed by atoms with Crippen LogP contribution in [0.3, 0.4) is 0 Å². The Morgan fingerprint density at radius 1 is 0.867 bits per heavy atom. The number of rotatable bonds is 8. The van der Waals surface area contributed by atoms with Crippen molar-refractivity contribution in [3.63, 3.8) is 0 Å². The highest BCUT2D eigenvalue weighted by Gasteiger charge is 2.28. The lowest BCUT2D eigenvalue weighted by molar-refractivity contribution is 0.435. The van der Waals surface area contributed by atoms with Gasteiger partial charge in [0.2, 0.25) is 10.0 Å². The number of nitrogens with two attached hydrogens (primary N) is 2. The standard InChI is InChI=1S/C19H22N4O4S2.ClH/c20-10-12-23(13-14-28(24,25)15-5-2-1-3-6-15)29(26,27)18-8-4-7-17-16(18)9-11-22-19(17)21;/h1-9,11H,10,12-14,20H2,(H2,21,22);1H. The molecule has 3 aromatic rings. The Kier molecular flexibility index (Phi) is 7.78. The molecular formula is C19H23ClN4O4S2. The summed E-state index contributed by atoms with van der Waals surface area (Å²) in [4.78, 5) is 4.17. The molecule has 0 aliphatic rings. The van der Waals surface area contributed by atoms with E-state index in [4.69, 9.17) is 11.5 Å². The van der Waals surface area contributed by atoms with Gasteiger partial charge < -0.3 is 11.5 Å². The Morgan fingerprint density at radius 3 is 2.23 bits per heavy atom. The minimum Gasteiger partial charge on any atom is -0.383 e. The molecule has 1 aromatic heterocycles. The van der Waals surface area contributed by atoms with Gasteiger partial charge in [0.15, 0.2) is 9.84 Å². The van der Waals surface area contributed by atoms with Crippen LogP contribution in [0.15, 0.2) is 70.6 Å². The van der Waals surface area contributed by atoms with Crippen LogP contribution >= 0.6 is 12.4 Å². The number of nitrogen functional groups attached to an aromatic ring is 1. The van der Waals surface area contributed by atoms with Crippen molar-refractivity contribution >= 4 is 48.9 Å². The molecule has 2 aromatic carbocycles. The maximum atomic E-state index is 13.3. The molecule has 1 heterocycles. The quantitative estimate of drug-likeness (QED) is 0.510. The molecule has 162 valence electrons. The van der Waals surface area contributed by atoms with E-state index in [0.29, 0.717) is 10.8 Å². The molecular weight excluding hydrogens is 448 g/mol. The van der Waals surface area contributed by atoms with Crippen LogP contribution in [-0.4, -0.2) is 51.5 Å². The number of benzene rings is 2. The summed E-state index contributed by atoms with van der Waals surface area (Å²) in [5.41, 5.74) is 11.5. The summed E-state index contributed by atoms with van der Waals surface area (Å²) in [6.07, 6.45) is 1.43. The van der Waals surface area contributed by atoms with E-state index in [-0.39, 0.29) is 53.4 Å². The molecule has 0 radical (unpaired) electrons. The van der Waals surface area contributed by atoms with Crippen molar-refractivity contribution in [2.75, 3.05) is 31.1 Å². The molecule has 0 aliphatic heterocycles. The molecule has 0 aliphatic carbocycles. The number of hydrogen-bond donors (Lipinski definition) is 2. The summed E-state index contributed by atoms with van der Waals surface area (Å²) < 4.78 is 52.9. The van der Waals surface area contributed by atoms with Crippen LogP contribution in [0.2, 0.25) is 0 Å². The van der Waals surface area contributed by atoms with Crippen LogP contribution in [0.4, 0.5) is 5.82 Å². The summed E-state index contributed by atoms with van der Waals surface area (Å²) in [7, 11) is -7.65. The molecule has 0 unspecified atom stereocenters. The van der Waals surface area contributed by atoms with Crippen molar-refractivity contribution < 1.29 is 16.8 Å². The molecule has 0 bridgehead atoms. The summed E-state index contributed by atoms with van der Waals surface area (Å²) in [5.74, 6) is -0.137. The Labute approximate surface area is 182 Å². The summed E-state index contributed by atoms with van der Waals surface area (Å²) in [5, 5.41) is 0.936. The molecule has 30 heavy (non-hydrogen) atoms. The number of pyridine rings is 1. The van der Waals surface area contributed by atoms with Crippen molar-refractivity contribution in [3.8, 4) is 0 Å². The van der Waals surface area contributed by atoms with Gasteiger partial charge in [-0.1, -0.05) is 30.3 Å². The molecule has 4 N–H and O–H groups in total. The number of aromatic nitrogens is 1. The van der Waals surface area contributed by atoms with Crippen LogP contribution < -0.4 is 11.5 Å². The maximum absolute atomic E-state index is 13.3. The SMILES string of the molecule is Cl.NCCN(CCS(=O)(=O)c1ccccc1)S(=O)(=O)c1cccc2c(N)nccc12. The first kappa shape index (κ1) is 24.0. The molecule has 8 nitrogen and oxygen atoms in total. The van der Waals surface area contributed by atoms with Gasteiger partial charge in [0.25, 0.3) is 0 Å². The van der Waals surface area contributed by atoms with Crippen molar-refractivity contribution in [1.29, 1.82) is 0 Å². The number of hydrogen-bond acceptors (Lipinski definition) is 7. The summed E-state index contributed by atoms with van der Waals surface area (Å²) in [6, 6.07) is 14.2. The molecule has 11 heteroatoms. The number of anilines is 1. The van der Waals surface area contributed by atoms with Gasteiger partial charge in [-0.3, -0.25) is 0 Å². The lowest BCUT2D eigenvalue weighted by Crippen LogP contribution is -2.38. The van der Waals surface area contributed by atoms with E-state index in [1.807, 2.05) is 0 Å². The van der Waals surface area contributed by atoms with Crippen molar-refractivity contribution in [2.45, 2.75) is 9.79 Å². The molecule has 0 spiro atoms. The maximum Gasteiger partial charge on any atom is 0.243 e. The highest BCUT2D eigenvalue weighted by molar-refractivity contribution is 7.91. The second-order valence-corrected chi connectivity index (χ2v) is 10.4. The molecule has 0 atom stereocenters. The zero-order valence-electron chi connectivity index (χ0n) is 16.0. The largest absolute Gasteiger partial charge is 0.383 e. The van der Waals surface area contributed by atoms with Crippen molar-refractivity contribution in [3.05, 3.63) is 60.8 Å². The zero-order valence-corrected chi connectivity index (χ0v) is 18.5. The van der Waals surface area contributed by atoms with Gasteiger partial charge >= 0.3 is 0 Å². The second-order valence-electron chi connectivity index (χ2n) is 6.37. The number of sulfonamides is 1. The number of sulfone groups is 1. The number of nitrogens with zero attached hydrogens (tertiary/aromatic N) is 2. The molecule has 0 saturated heterocycles. The normalized spacial score (nSPS) is 12.1. The minimum atomic E-state index is -4.01. The third-order valence-corrected chi connectivity index (χ3v) is 8.17. The van der Waals surface area contributed by atoms with Gasteiger partial charge in [0, 0.05) is 36.6 Å². The van der Waals surface area contributed by atoms with E-state index >= 15 is 0 Å². The van der Waals surface area contributed by atoms with Gasteiger partial charge in [0.1, 0.15) is 5.82 Å². The fourth-order valence-electron chi connectivity index (χ4n) is 3.03. The van der Waals surface area contributed by atoms with Gasteiger partial charge in [-0.15, -0.1) is 12.4 Å². The first-order valence-electron chi connectivity index (χ1n) is 8.88. The highest BCUT2D eigenvalue weighted by Crippen LogP contribution is 2.28. The van der Waals surface area contributed by atoms with E-state index in [2.05, 4.69) is 4.98 Å². The van der Waals surface area contributed by atoms with Crippen LogP contribution in [0.1, 0.15) is 0 Å². The Balaban J connectivity index is 0.00000320. The fourth-order valence-corrected chi connectivity index (χ4v) is 6.07. The Bertz CT molecular complexity index is 1220. The predicted octanol–water partition coefficient (Wildman–Crippen LogP) is 1.66. The summed E-state index contributed by atoms with van der Waals surface area (Å²) >= 11 is 0. The van der Waals surface area contributed by atoms with E-state index in [1.165, 1.54) is 24.4 Å². The number of halogens is 1. The van der Waals surface area contributed by atoms with E-state index in [0.717, 1.165) is 4.31 Å². The van der Waals surface area contributed by atoms with E-state index in [9.17, 15) is 16.8 Å². The van der Waals surface area contributed by atoms with Crippen molar-refractivity contribution in [2.24, 2.45) is 5.73 Å². The van der Waals surface area contributed by atoms with Crippen LogP contribution in [-0.2, 0) is 19.9 Å². The first-order valence-corrected chi connectivity index (χ1v) is 12.0. The topological polar surface area (TPSA) is 136 Å². The molecule has 0 fully saturated rings. The van der Waals surface area contributed by atoms with Gasteiger partial charge in [0.05, 0.1) is 15.5 Å². The first-order chi connectivity index (χ1) is 13.8. The highest BCUT2D eigenvalue weighted by atomic mass is 35.5. The Morgan fingerprint density at radius 2 is 1.57 bits per heavy atom. The molecule has 3 rings (SSSR count). The van der Waals surface area contributed by atoms with Gasteiger partial charge in [-0.25, -0.2) is 21.8 Å². The van der Waals surface area contributed by atoms with Crippen molar-refractivity contribution in [1.82, 2.24) is 9.29 Å². The summed E-state index contributed by atoms with van der Waals surface area (Å²) in [6.45, 7) is -0.170. The van der Waals surface area contributed by atoms with Crippen LogP contribution in [0.5, 0.6) is 0 Å². The predicted molar refractivity (Wildman–Crippen MR) is 120 cm³/mol. The zero-order chi connectivity index (χ0) is 21.1. The fraction of sp³-hybridized carbons (Fsp3) is 0.211. The van der Waals surface area contributed by atoms with Crippen LogP contribution in [0.25, 0.3) is 10.8 Å². The third kappa shape index (κ3) is 4.90. The average molecular weight is 471 g/mol. The second kappa shape index (κ2) is 9.71. The lowest BCUT2D eigenvalue weighted by Gasteiger charge is -2.22. The Hall–Kier alpha value is -2.24. The van der Waals surface area contributed by atoms with E-state index in [1.54, 1.807) is 36.4 Å². The van der Waals surface area contributed by atoms with Gasteiger partial charge in [-0.2, -0.15) is 4.31 Å². The smallest absolute Gasteiger partial charge is 0.243 e. The third-order valence-electron chi connectivity index (χ3n) is 4.50. The van der Waals surface area contributed by atoms with Crippen LogP contribution in [0, 0.1) is 0 Å². The average Bonchev–Trinajstić information content (AvgIpc) is 2.71. The molecule has 0 amide bonds. The minimum absolute atomic E-state index is 0. The number of fused-ring (bicyclic) bond motifs is 1. The monoisotopic (exact) mass is 470 g/mol. The lowest BCUT2D eigenvalue weighted by atomic mass is 10.1. The van der Waals surface area contributed by atoms with Gasteiger partial charge in [-0.05, 0) is 24.3 Å². The molecule has 0 saturated carbocycles. The van der Waals surface area contributed by atoms with E-state index < -0.39 is 19.9 Å².